The van der Waals surface area contributed by atoms with Crippen LogP contribution in [0.5, 0.6) is 0 Å². The van der Waals surface area contributed by atoms with Gasteiger partial charge in [-0.2, -0.15) is 0 Å². The Balaban J connectivity index is 1.56. The Bertz CT molecular complexity index is 1090. The minimum atomic E-state index is -0.342. The number of rotatable bonds is 7. The number of halogens is 1. The van der Waals surface area contributed by atoms with Crippen LogP contribution < -0.4 is 5.32 Å². The highest BCUT2D eigenvalue weighted by molar-refractivity contribution is 8.00. The SMILES string of the molecule is CCC(Sc1nc(-c2ccco2)c(-c2ccco2)[nH]1)C(=O)Nc1ccc(C)c(Cl)c1. The van der Waals surface area contributed by atoms with Crippen LogP contribution in [0.4, 0.5) is 5.69 Å². The number of H-pyrrole nitrogens is 1. The van der Waals surface area contributed by atoms with Gasteiger partial charge in [-0.3, -0.25) is 4.79 Å². The van der Waals surface area contributed by atoms with E-state index in [4.69, 9.17) is 20.4 Å². The zero-order chi connectivity index (χ0) is 21.1. The van der Waals surface area contributed by atoms with E-state index in [2.05, 4.69) is 15.3 Å². The molecule has 0 aliphatic heterocycles. The number of nitrogens with one attached hydrogen (secondary N) is 2. The van der Waals surface area contributed by atoms with Crippen molar-refractivity contribution >= 4 is 35.0 Å². The summed E-state index contributed by atoms with van der Waals surface area (Å²) >= 11 is 7.53. The van der Waals surface area contributed by atoms with E-state index in [9.17, 15) is 4.79 Å². The average molecular weight is 442 g/mol. The number of carbonyl (C=O) groups is 1. The molecule has 0 radical (unpaired) electrons. The second kappa shape index (κ2) is 8.85. The molecule has 3 heterocycles. The van der Waals surface area contributed by atoms with Crippen LogP contribution in [0.1, 0.15) is 18.9 Å². The molecule has 1 unspecified atom stereocenters. The Morgan fingerprint density at radius 1 is 1.20 bits per heavy atom. The summed E-state index contributed by atoms with van der Waals surface area (Å²) in [6.07, 6.45) is 3.82. The molecule has 4 rings (SSSR count). The predicted molar refractivity (Wildman–Crippen MR) is 119 cm³/mol. The van der Waals surface area contributed by atoms with Crippen molar-refractivity contribution in [2.24, 2.45) is 0 Å². The van der Waals surface area contributed by atoms with Crippen molar-refractivity contribution in [1.29, 1.82) is 0 Å². The molecule has 3 aromatic heterocycles. The number of thioether (sulfide) groups is 1. The number of amides is 1. The highest BCUT2D eigenvalue weighted by atomic mass is 35.5. The fourth-order valence-electron chi connectivity index (χ4n) is 2.95. The van der Waals surface area contributed by atoms with Gasteiger partial charge in [-0.15, -0.1) is 0 Å². The molecule has 0 saturated heterocycles. The normalized spacial score (nSPS) is 12.1. The van der Waals surface area contributed by atoms with Crippen LogP contribution in [0, 0.1) is 6.92 Å². The Morgan fingerprint density at radius 3 is 2.57 bits per heavy atom. The number of imidazole rings is 1. The minimum absolute atomic E-state index is 0.113. The lowest BCUT2D eigenvalue weighted by Crippen LogP contribution is -2.24. The van der Waals surface area contributed by atoms with Crippen molar-refractivity contribution in [1.82, 2.24) is 9.97 Å². The predicted octanol–water partition coefficient (Wildman–Crippen LogP) is 6.40. The van der Waals surface area contributed by atoms with E-state index in [1.165, 1.54) is 11.8 Å². The van der Waals surface area contributed by atoms with E-state index in [1.807, 2.05) is 44.2 Å². The molecule has 0 spiro atoms. The second-order valence-corrected chi connectivity index (χ2v) is 8.29. The Hall–Kier alpha value is -2.90. The first-order valence-corrected chi connectivity index (χ1v) is 10.7. The summed E-state index contributed by atoms with van der Waals surface area (Å²) in [7, 11) is 0. The molecule has 8 heteroatoms. The number of aromatic amines is 1. The third kappa shape index (κ3) is 4.32. The smallest absolute Gasteiger partial charge is 0.237 e. The molecule has 1 amide bonds. The number of hydrogen-bond acceptors (Lipinski definition) is 5. The van der Waals surface area contributed by atoms with E-state index in [0.717, 1.165) is 5.56 Å². The van der Waals surface area contributed by atoms with E-state index in [1.54, 1.807) is 24.7 Å². The number of hydrogen-bond donors (Lipinski definition) is 2. The fraction of sp³-hybridized carbons (Fsp3) is 0.182. The molecule has 4 aromatic rings. The van der Waals surface area contributed by atoms with Crippen molar-refractivity contribution in [3.05, 3.63) is 65.6 Å². The Morgan fingerprint density at radius 2 is 1.93 bits per heavy atom. The summed E-state index contributed by atoms with van der Waals surface area (Å²) in [4.78, 5) is 20.8. The van der Waals surface area contributed by atoms with Crippen LogP contribution in [-0.4, -0.2) is 21.1 Å². The van der Waals surface area contributed by atoms with Gasteiger partial charge in [-0.05, 0) is 55.3 Å². The van der Waals surface area contributed by atoms with Gasteiger partial charge >= 0.3 is 0 Å². The van der Waals surface area contributed by atoms with Crippen LogP contribution in [0.25, 0.3) is 22.9 Å². The van der Waals surface area contributed by atoms with Crippen LogP contribution in [0.3, 0.4) is 0 Å². The Labute approximate surface area is 183 Å². The Kier molecular flexibility index (Phi) is 6.01. The number of anilines is 1. The number of nitrogens with zero attached hydrogens (tertiary/aromatic N) is 1. The van der Waals surface area contributed by atoms with Crippen molar-refractivity contribution in [3.8, 4) is 22.9 Å². The van der Waals surface area contributed by atoms with Gasteiger partial charge in [-0.25, -0.2) is 4.98 Å². The molecule has 0 fully saturated rings. The zero-order valence-electron chi connectivity index (χ0n) is 16.4. The maximum Gasteiger partial charge on any atom is 0.237 e. The summed E-state index contributed by atoms with van der Waals surface area (Å²) in [5.41, 5.74) is 2.97. The number of benzene rings is 1. The van der Waals surface area contributed by atoms with Gasteiger partial charge in [0.15, 0.2) is 16.7 Å². The largest absolute Gasteiger partial charge is 0.463 e. The van der Waals surface area contributed by atoms with Crippen LogP contribution in [-0.2, 0) is 4.79 Å². The van der Waals surface area contributed by atoms with Gasteiger partial charge < -0.3 is 19.1 Å². The van der Waals surface area contributed by atoms with Crippen molar-refractivity contribution in [3.63, 3.8) is 0 Å². The molecule has 2 N–H and O–H groups in total. The summed E-state index contributed by atoms with van der Waals surface area (Å²) < 4.78 is 11.1. The first-order chi connectivity index (χ1) is 14.5. The van der Waals surface area contributed by atoms with Crippen LogP contribution in [0.2, 0.25) is 5.02 Å². The highest BCUT2D eigenvalue weighted by Gasteiger charge is 2.23. The van der Waals surface area contributed by atoms with Gasteiger partial charge in [0, 0.05) is 10.7 Å². The van der Waals surface area contributed by atoms with Gasteiger partial charge in [0.2, 0.25) is 5.91 Å². The van der Waals surface area contributed by atoms with Gasteiger partial charge in [-0.1, -0.05) is 36.4 Å². The second-order valence-electron chi connectivity index (χ2n) is 6.69. The summed E-state index contributed by atoms with van der Waals surface area (Å²) in [6, 6.07) is 12.8. The van der Waals surface area contributed by atoms with Crippen molar-refractivity contribution in [2.45, 2.75) is 30.7 Å². The maximum absolute atomic E-state index is 12.8. The number of furan rings is 2. The minimum Gasteiger partial charge on any atom is -0.463 e. The highest BCUT2D eigenvalue weighted by Crippen LogP contribution is 2.35. The molecule has 0 saturated carbocycles. The first kappa shape index (κ1) is 20.4. The van der Waals surface area contributed by atoms with Crippen LogP contribution >= 0.6 is 23.4 Å². The third-order valence-electron chi connectivity index (χ3n) is 4.56. The van der Waals surface area contributed by atoms with Crippen molar-refractivity contribution in [2.75, 3.05) is 5.32 Å². The zero-order valence-corrected chi connectivity index (χ0v) is 18.0. The lowest BCUT2D eigenvalue weighted by molar-refractivity contribution is -0.115. The lowest BCUT2D eigenvalue weighted by Gasteiger charge is -2.14. The number of aromatic nitrogens is 2. The maximum atomic E-state index is 12.8. The van der Waals surface area contributed by atoms with E-state index in [-0.39, 0.29) is 11.2 Å². The molecule has 1 atom stereocenters. The van der Waals surface area contributed by atoms with Gasteiger partial charge in [0.05, 0.1) is 17.8 Å². The summed E-state index contributed by atoms with van der Waals surface area (Å²) in [5.74, 6) is 1.15. The fourth-order valence-corrected chi connectivity index (χ4v) is 4.04. The van der Waals surface area contributed by atoms with E-state index >= 15 is 0 Å². The molecule has 154 valence electrons. The third-order valence-corrected chi connectivity index (χ3v) is 6.22. The molecule has 0 bridgehead atoms. The molecule has 30 heavy (non-hydrogen) atoms. The number of aryl methyl sites for hydroxylation is 1. The topological polar surface area (TPSA) is 84.1 Å². The quantitative estimate of drug-likeness (QED) is 0.324. The number of carbonyl (C=O) groups excluding carboxylic acids is 1. The molecule has 0 aliphatic rings. The molecular weight excluding hydrogens is 422 g/mol. The summed E-state index contributed by atoms with van der Waals surface area (Å²) in [5, 5.41) is 3.82. The van der Waals surface area contributed by atoms with Crippen molar-refractivity contribution < 1.29 is 13.6 Å². The standard InChI is InChI=1S/C22H20ClN3O3S/c1-3-18(21(27)24-14-9-8-13(2)15(23)12-14)30-22-25-19(16-6-4-10-28-16)20(26-22)17-7-5-11-29-17/h4-12,18H,3H2,1-2H3,(H,24,27)(H,25,26). The van der Waals surface area contributed by atoms with Gasteiger partial charge in [0.1, 0.15) is 11.4 Å². The molecular formula is C22H20ClN3O3S. The summed E-state index contributed by atoms with van der Waals surface area (Å²) in [6.45, 7) is 3.88. The molecule has 1 aromatic carbocycles. The monoisotopic (exact) mass is 441 g/mol. The lowest BCUT2D eigenvalue weighted by atomic mass is 10.2. The first-order valence-electron chi connectivity index (χ1n) is 9.46. The van der Waals surface area contributed by atoms with Crippen LogP contribution in [0.15, 0.2) is 69.0 Å². The molecule has 6 nitrogen and oxygen atoms in total. The van der Waals surface area contributed by atoms with E-state index in [0.29, 0.717) is 45.2 Å². The average Bonchev–Trinajstić information content (AvgIpc) is 3.49. The molecule has 0 aliphatic carbocycles. The van der Waals surface area contributed by atoms with E-state index < -0.39 is 0 Å². The van der Waals surface area contributed by atoms with Gasteiger partial charge in [0.25, 0.3) is 0 Å².